The first-order valence-corrected chi connectivity index (χ1v) is 11.9. The van der Waals surface area contributed by atoms with Crippen molar-refractivity contribution in [2.45, 2.75) is 109 Å². The van der Waals surface area contributed by atoms with Crippen LogP contribution in [-0.4, -0.2) is 23.7 Å². The Kier molecular flexibility index (Phi) is 16.6. The van der Waals surface area contributed by atoms with Crippen LogP contribution in [-0.2, 0) is 9.09 Å². The number of hydrogen-bond acceptors (Lipinski definition) is 3. The van der Waals surface area contributed by atoms with Gasteiger partial charge in [-0.3, -0.25) is 4.57 Å². The van der Waals surface area contributed by atoms with Gasteiger partial charge in [-0.25, -0.2) is 0 Å². The average Bonchev–Trinajstić information content (AvgIpc) is 2.57. The van der Waals surface area contributed by atoms with Gasteiger partial charge in [-0.05, 0) is 13.3 Å². The molecule has 146 valence electrons. The predicted octanol–water partition coefficient (Wildman–Crippen LogP) is 6.02. The first-order chi connectivity index (χ1) is 11.5. The quantitative estimate of drug-likeness (QED) is 0.231. The van der Waals surface area contributed by atoms with Crippen molar-refractivity contribution < 1.29 is 14.0 Å². The van der Waals surface area contributed by atoms with Crippen LogP contribution in [0.3, 0.4) is 0 Å². The van der Waals surface area contributed by atoms with Crippen LogP contribution in [0.4, 0.5) is 0 Å². The van der Waals surface area contributed by atoms with E-state index in [-0.39, 0.29) is 6.54 Å². The number of nitrogens with two attached hydrogens (primary N) is 1. The van der Waals surface area contributed by atoms with E-state index in [4.69, 9.17) is 10.3 Å². The van der Waals surface area contributed by atoms with Gasteiger partial charge in [-0.15, -0.1) is 0 Å². The second kappa shape index (κ2) is 16.6. The molecule has 0 heterocycles. The Balaban J connectivity index is 3.22. The third-order valence-corrected chi connectivity index (χ3v) is 6.55. The summed E-state index contributed by atoms with van der Waals surface area (Å²) < 4.78 is 16.9. The Morgan fingerprint density at radius 1 is 0.833 bits per heavy atom. The maximum absolute atomic E-state index is 11.7. The summed E-state index contributed by atoms with van der Waals surface area (Å²) in [4.78, 5) is 9.64. The van der Waals surface area contributed by atoms with Gasteiger partial charge in [-0.2, -0.15) is 0 Å². The van der Waals surface area contributed by atoms with Crippen molar-refractivity contribution in [3.63, 3.8) is 0 Å². The zero-order valence-corrected chi connectivity index (χ0v) is 17.1. The van der Waals surface area contributed by atoms with E-state index in [1.165, 1.54) is 77.0 Å². The highest BCUT2D eigenvalue weighted by Gasteiger charge is 2.26. The van der Waals surface area contributed by atoms with Crippen LogP contribution in [0.5, 0.6) is 0 Å². The van der Waals surface area contributed by atoms with Crippen molar-refractivity contribution in [2.75, 3.05) is 13.2 Å². The fourth-order valence-corrected chi connectivity index (χ4v) is 3.66. The van der Waals surface area contributed by atoms with Gasteiger partial charge in [0.1, 0.15) is 0 Å². The highest BCUT2D eigenvalue weighted by molar-refractivity contribution is 7.53. The summed E-state index contributed by atoms with van der Waals surface area (Å²) in [5.41, 5.74) is 4.93. The van der Waals surface area contributed by atoms with Crippen LogP contribution in [0.1, 0.15) is 104 Å². The van der Waals surface area contributed by atoms with Crippen LogP contribution in [0.15, 0.2) is 0 Å². The van der Waals surface area contributed by atoms with Crippen molar-refractivity contribution in [2.24, 2.45) is 5.73 Å². The predicted molar refractivity (Wildman–Crippen MR) is 105 cm³/mol. The standard InChI is InChI=1S/C19H42NO3P/c1-3-4-5-6-7-8-9-10-11-12-13-14-15-16-17-23-24(21,22)19(2)18-20/h19H,3-18,20H2,1-2H3,(H,21,22)/t19-/m1/s1. The highest BCUT2D eigenvalue weighted by atomic mass is 31.2. The van der Waals surface area contributed by atoms with Crippen molar-refractivity contribution in [1.82, 2.24) is 0 Å². The third-order valence-electron chi connectivity index (χ3n) is 4.67. The zero-order valence-electron chi connectivity index (χ0n) is 16.2. The molecule has 0 rings (SSSR count). The maximum Gasteiger partial charge on any atom is 0.332 e. The summed E-state index contributed by atoms with van der Waals surface area (Å²) >= 11 is 0. The van der Waals surface area contributed by atoms with Crippen LogP contribution in [0.2, 0.25) is 0 Å². The summed E-state index contributed by atoms with van der Waals surface area (Å²) in [6.45, 7) is 4.48. The molecule has 0 spiro atoms. The first kappa shape index (κ1) is 24.1. The van der Waals surface area contributed by atoms with Gasteiger partial charge in [0.05, 0.1) is 12.3 Å². The minimum atomic E-state index is -3.50. The van der Waals surface area contributed by atoms with E-state index >= 15 is 0 Å². The van der Waals surface area contributed by atoms with Gasteiger partial charge in [0.2, 0.25) is 0 Å². The fourth-order valence-electron chi connectivity index (χ4n) is 2.75. The topological polar surface area (TPSA) is 72.5 Å². The molecule has 1 unspecified atom stereocenters. The fraction of sp³-hybridized carbons (Fsp3) is 1.00. The Morgan fingerprint density at radius 2 is 1.21 bits per heavy atom. The number of rotatable bonds is 18. The van der Waals surface area contributed by atoms with E-state index in [0.29, 0.717) is 6.61 Å². The molecular weight excluding hydrogens is 321 g/mol. The first-order valence-electron chi connectivity index (χ1n) is 10.2. The molecule has 0 amide bonds. The minimum absolute atomic E-state index is 0.187. The molecule has 2 atom stereocenters. The zero-order chi connectivity index (χ0) is 18.1. The van der Waals surface area contributed by atoms with Crippen molar-refractivity contribution in [3.8, 4) is 0 Å². The summed E-state index contributed by atoms with van der Waals surface area (Å²) in [5, 5.41) is 0. The molecule has 0 aromatic rings. The molecule has 0 aliphatic carbocycles. The lowest BCUT2D eigenvalue weighted by Crippen LogP contribution is -2.18. The molecule has 0 saturated carbocycles. The Hall–Kier alpha value is 0.110. The molecule has 0 radical (unpaired) electrons. The van der Waals surface area contributed by atoms with Gasteiger partial charge in [0, 0.05) is 6.54 Å². The Bertz CT molecular complexity index is 313. The molecule has 0 aromatic carbocycles. The Morgan fingerprint density at radius 3 is 1.58 bits per heavy atom. The SMILES string of the molecule is CCCCCCCCCCCCCCCCOP(=O)(O)[C@H](C)CN. The van der Waals surface area contributed by atoms with Crippen LogP contribution in [0, 0.1) is 0 Å². The molecular formula is C19H42NO3P. The lowest BCUT2D eigenvalue weighted by molar-refractivity contribution is 0.246. The molecule has 0 saturated heterocycles. The lowest BCUT2D eigenvalue weighted by Gasteiger charge is -2.17. The lowest BCUT2D eigenvalue weighted by atomic mass is 10.0. The normalized spacial score (nSPS) is 15.3. The summed E-state index contributed by atoms with van der Waals surface area (Å²) in [6, 6.07) is 0. The second-order valence-corrected chi connectivity index (χ2v) is 9.35. The van der Waals surface area contributed by atoms with E-state index < -0.39 is 13.3 Å². The number of hydrogen-bond donors (Lipinski definition) is 2. The second-order valence-electron chi connectivity index (χ2n) is 7.08. The summed E-state index contributed by atoms with van der Waals surface area (Å²) in [6.07, 6.45) is 18.2. The van der Waals surface area contributed by atoms with Crippen molar-refractivity contribution >= 4 is 7.60 Å². The van der Waals surface area contributed by atoms with Gasteiger partial charge in [0.25, 0.3) is 0 Å². The van der Waals surface area contributed by atoms with E-state index in [1.54, 1.807) is 6.92 Å². The molecule has 0 aliphatic rings. The molecule has 3 N–H and O–H groups in total. The van der Waals surface area contributed by atoms with Crippen molar-refractivity contribution in [3.05, 3.63) is 0 Å². The molecule has 24 heavy (non-hydrogen) atoms. The van der Waals surface area contributed by atoms with E-state index in [1.807, 2.05) is 0 Å². The molecule has 0 fully saturated rings. The van der Waals surface area contributed by atoms with Crippen molar-refractivity contribution in [1.29, 1.82) is 0 Å². The van der Waals surface area contributed by atoms with Crippen LogP contribution in [0.25, 0.3) is 0 Å². The number of unbranched alkanes of at least 4 members (excludes halogenated alkanes) is 13. The van der Waals surface area contributed by atoms with Gasteiger partial charge >= 0.3 is 7.60 Å². The van der Waals surface area contributed by atoms with E-state index in [2.05, 4.69) is 6.92 Å². The molecule has 0 aromatic heterocycles. The molecule has 4 nitrogen and oxygen atoms in total. The smallest absolute Gasteiger partial charge is 0.330 e. The van der Waals surface area contributed by atoms with Gasteiger partial charge < -0.3 is 15.2 Å². The average molecular weight is 364 g/mol. The molecule has 0 bridgehead atoms. The summed E-state index contributed by atoms with van der Waals surface area (Å²) in [5.74, 6) is 0. The van der Waals surface area contributed by atoms with E-state index in [0.717, 1.165) is 12.8 Å². The third kappa shape index (κ3) is 14.5. The minimum Gasteiger partial charge on any atom is -0.330 e. The van der Waals surface area contributed by atoms with Gasteiger partial charge in [0.15, 0.2) is 0 Å². The summed E-state index contributed by atoms with van der Waals surface area (Å²) in [7, 11) is -3.50. The van der Waals surface area contributed by atoms with Crippen LogP contribution >= 0.6 is 7.60 Å². The highest BCUT2D eigenvalue weighted by Crippen LogP contribution is 2.46. The molecule has 0 aliphatic heterocycles. The van der Waals surface area contributed by atoms with Crippen LogP contribution < -0.4 is 5.73 Å². The van der Waals surface area contributed by atoms with Gasteiger partial charge in [-0.1, -0.05) is 90.4 Å². The maximum atomic E-state index is 11.7. The largest absolute Gasteiger partial charge is 0.332 e. The monoisotopic (exact) mass is 363 g/mol. The Labute approximate surface area is 150 Å². The molecule has 5 heteroatoms. The van der Waals surface area contributed by atoms with E-state index in [9.17, 15) is 9.46 Å².